The van der Waals surface area contributed by atoms with E-state index in [9.17, 15) is 4.79 Å². The molecule has 0 N–H and O–H groups in total. The van der Waals surface area contributed by atoms with Gasteiger partial charge in [0.1, 0.15) is 5.16 Å². The van der Waals surface area contributed by atoms with Crippen LogP contribution >= 0.6 is 11.6 Å². The topological polar surface area (TPSA) is 20.3 Å². The number of halogens is 1. The molecule has 0 aliphatic carbocycles. The first-order chi connectivity index (χ1) is 5.04. The van der Waals surface area contributed by atoms with Crippen LogP contribution in [0.25, 0.3) is 0 Å². The summed E-state index contributed by atoms with van der Waals surface area (Å²) >= 11 is 5.72. The fourth-order valence-corrected chi connectivity index (χ4v) is 0.485. The van der Waals surface area contributed by atoms with Crippen molar-refractivity contribution in [3.05, 3.63) is 23.4 Å². The van der Waals surface area contributed by atoms with Gasteiger partial charge in [-0.3, -0.25) is 4.79 Å². The van der Waals surface area contributed by atoms with E-state index < -0.39 is 0 Å². The minimum atomic E-state index is 0.0180. The van der Waals surface area contributed by atoms with Crippen molar-refractivity contribution >= 4 is 17.4 Å². The van der Waals surface area contributed by atoms with Crippen LogP contribution in [-0.2, 0) is 4.79 Å². The molecule has 0 aliphatic heterocycles. The lowest BCUT2D eigenvalue weighted by atomic mass is 10.4. The van der Waals surface area contributed by atoms with Gasteiger partial charge in [-0.05, 0) is 19.1 Å². The summed E-state index contributed by atoms with van der Waals surface area (Å²) in [5.41, 5.74) is 0. The summed E-state index contributed by atoms with van der Waals surface area (Å²) in [4.78, 5) is 12.2. The van der Waals surface area contributed by atoms with Gasteiger partial charge in [-0.25, -0.2) is 0 Å². The van der Waals surface area contributed by atoms with Crippen LogP contribution in [0.3, 0.4) is 0 Å². The number of carbonyl (C=O) groups is 1. The van der Waals surface area contributed by atoms with Crippen molar-refractivity contribution in [2.24, 2.45) is 0 Å². The predicted octanol–water partition coefficient (Wildman–Crippen LogP) is 1.77. The Balaban J connectivity index is 4.01. The maximum absolute atomic E-state index is 10.4. The minimum Gasteiger partial charge on any atom is -0.368 e. The molecule has 0 saturated carbocycles. The standard InChI is InChI=1S/C8H12ClNO/c1-7(11)5-4-6-8(9)10(2)3/h4-6H,1-3H3/b5-4+,8-6+. The number of nitrogens with zero attached hydrogens (tertiary/aromatic N) is 1. The van der Waals surface area contributed by atoms with E-state index in [2.05, 4.69) is 0 Å². The number of carbonyl (C=O) groups excluding carboxylic acids is 1. The molecule has 0 aromatic rings. The maximum atomic E-state index is 10.4. The highest BCUT2D eigenvalue weighted by molar-refractivity contribution is 6.29. The Hall–Kier alpha value is -0.760. The normalized spacial score (nSPS) is 12.2. The van der Waals surface area contributed by atoms with Gasteiger partial charge in [0.05, 0.1) is 0 Å². The molecule has 11 heavy (non-hydrogen) atoms. The van der Waals surface area contributed by atoms with Crippen LogP contribution in [0.5, 0.6) is 0 Å². The van der Waals surface area contributed by atoms with Crippen molar-refractivity contribution in [1.82, 2.24) is 4.90 Å². The van der Waals surface area contributed by atoms with Gasteiger partial charge in [0.2, 0.25) is 0 Å². The highest BCUT2D eigenvalue weighted by Gasteiger charge is 1.89. The van der Waals surface area contributed by atoms with E-state index in [1.165, 1.54) is 13.0 Å². The molecule has 0 spiro atoms. The molecule has 0 bridgehead atoms. The SMILES string of the molecule is CC(=O)/C=C/C=C(\Cl)N(C)C. The second-order valence-corrected chi connectivity index (χ2v) is 2.74. The van der Waals surface area contributed by atoms with Gasteiger partial charge in [-0.1, -0.05) is 17.7 Å². The molecular weight excluding hydrogens is 162 g/mol. The maximum Gasteiger partial charge on any atom is 0.152 e. The van der Waals surface area contributed by atoms with E-state index in [4.69, 9.17) is 11.6 Å². The van der Waals surface area contributed by atoms with E-state index in [0.717, 1.165) is 0 Å². The van der Waals surface area contributed by atoms with Crippen molar-refractivity contribution in [2.45, 2.75) is 6.92 Å². The van der Waals surface area contributed by atoms with Crippen molar-refractivity contribution in [1.29, 1.82) is 0 Å². The Bertz CT molecular complexity index is 194. The van der Waals surface area contributed by atoms with Crippen molar-refractivity contribution in [3.8, 4) is 0 Å². The quantitative estimate of drug-likeness (QED) is 0.368. The van der Waals surface area contributed by atoms with Crippen molar-refractivity contribution < 1.29 is 4.79 Å². The molecule has 0 aliphatic rings. The van der Waals surface area contributed by atoms with Crippen LogP contribution in [0, 0.1) is 0 Å². The second kappa shape index (κ2) is 4.97. The van der Waals surface area contributed by atoms with Crippen LogP contribution in [-0.4, -0.2) is 24.8 Å². The van der Waals surface area contributed by atoms with Gasteiger partial charge in [0.15, 0.2) is 5.78 Å². The zero-order chi connectivity index (χ0) is 8.85. The number of rotatable bonds is 3. The first kappa shape index (κ1) is 10.2. The summed E-state index contributed by atoms with van der Waals surface area (Å²) in [6.07, 6.45) is 4.76. The third kappa shape index (κ3) is 5.67. The second-order valence-electron chi connectivity index (χ2n) is 2.35. The van der Waals surface area contributed by atoms with E-state index in [-0.39, 0.29) is 5.78 Å². The van der Waals surface area contributed by atoms with Crippen molar-refractivity contribution in [2.75, 3.05) is 14.1 Å². The number of ketones is 1. The molecule has 0 saturated heterocycles. The molecule has 2 nitrogen and oxygen atoms in total. The Morgan fingerprint density at radius 3 is 2.36 bits per heavy atom. The lowest BCUT2D eigenvalue weighted by molar-refractivity contribution is -0.112. The molecule has 0 atom stereocenters. The van der Waals surface area contributed by atoms with E-state index >= 15 is 0 Å². The Kier molecular flexibility index (Phi) is 4.62. The Morgan fingerprint density at radius 2 is 2.00 bits per heavy atom. The molecule has 3 heteroatoms. The monoisotopic (exact) mass is 173 g/mol. The zero-order valence-electron chi connectivity index (χ0n) is 6.97. The summed E-state index contributed by atoms with van der Waals surface area (Å²) in [6, 6.07) is 0. The highest BCUT2D eigenvalue weighted by atomic mass is 35.5. The average molecular weight is 174 g/mol. The van der Waals surface area contributed by atoms with Crippen LogP contribution in [0.2, 0.25) is 0 Å². The molecule has 0 unspecified atom stereocenters. The summed E-state index contributed by atoms with van der Waals surface area (Å²) in [5, 5.41) is 0.600. The molecular formula is C8H12ClNO. The molecule has 62 valence electrons. The lowest BCUT2D eigenvalue weighted by Gasteiger charge is -2.08. The zero-order valence-corrected chi connectivity index (χ0v) is 7.72. The van der Waals surface area contributed by atoms with Crippen molar-refractivity contribution in [3.63, 3.8) is 0 Å². The first-order valence-electron chi connectivity index (χ1n) is 3.26. The first-order valence-corrected chi connectivity index (χ1v) is 3.63. The minimum absolute atomic E-state index is 0.0180. The smallest absolute Gasteiger partial charge is 0.152 e. The van der Waals surface area contributed by atoms with Gasteiger partial charge in [-0.2, -0.15) is 0 Å². The highest BCUT2D eigenvalue weighted by Crippen LogP contribution is 2.03. The predicted molar refractivity (Wildman–Crippen MR) is 47.4 cm³/mol. The molecule has 0 radical (unpaired) electrons. The Morgan fingerprint density at radius 1 is 1.45 bits per heavy atom. The molecule has 0 aromatic carbocycles. The van der Waals surface area contributed by atoms with E-state index in [1.807, 2.05) is 14.1 Å². The number of hydrogen-bond donors (Lipinski definition) is 0. The molecule has 0 rings (SSSR count). The van der Waals surface area contributed by atoms with Crippen LogP contribution < -0.4 is 0 Å². The van der Waals surface area contributed by atoms with Gasteiger partial charge >= 0.3 is 0 Å². The van der Waals surface area contributed by atoms with E-state index in [1.54, 1.807) is 17.1 Å². The number of hydrogen-bond acceptors (Lipinski definition) is 2. The molecule has 0 aromatic heterocycles. The molecule has 0 fully saturated rings. The van der Waals surface area contributed by atoms with Crippen LogP contribution in [0.15, 0.2) is 23.4 Å². The van der Waals surface area contributed by atoms with E-state index in [0.29, 0.717) is 5.16 Å². The summed E-state index contributed by atoms with van der Waals surface area (Å²) < 4.78 is 0. The lowest BCUT2D eigenvalue weighted by Crippen LogP contribution is -2.05. The molecule has 0 heterocycles. The third-order valence-electron chi connectivity index (χ3n) is 0.992. The fourth-order valence-electron chi connectivity index (χ4n) is 0.412. The third-order valence-corrected chi connectivity index (χ3v) is 1.46. The largest absolute Gasteiger partial charge is 0.368 e. The molecule has 0 amide bonds. The average Bonchev–Trinajstić information content (AvgIpc) is 1.86. The summed E-state index contributed by atoms with van der Waals surface area (Å²) in [7, 11) is 3.67. The van der Waals surface area contributed by atoms with Gasteiger partial charge in [-0.15, -0.1) is 0 Å². The van der Waals surface area contributed by atoms with Gasteiger partial charge in [0, 0.05) is 14.1 Å². The summed E-state index contributed by atoms with van der Waals surface area (Å²) in [5.74, 6) is 0.0180. The number of allylic oxidation sites excluding steroid dienone is 3. The van der Waals surface area contributed by atoms with Crippen LogP contribution in [0.1, 0.15) is 6.92 Å². The Labute approximate surface area is 72.1 Å². The summed E-state index contributed by atoms with van der Waals surface area (Å²) in [6.45, 7) is 1.49. The van der Waals surface area contributed by atoms with Gasteiger partial charge < -0.3 is 4.90 Å². The fraction of sp³-hybridized carbons (Fsp3) is 0.375. The van der Waals surface area contributed by atoms with Crippen LogP contribution in [0.4, 0.5) is 0 Å². The van der Waals surface area contributed by atoms with Gasteiger partial charge in [0.25, 0.3) is 0 Å².